The Balaban J connectivity index is 1.99. The molecule has 1 aliphatic heterocycles. The van der Waals surface area contributed by atoms with Crippen molar-refractivity contribution in [2.75, 3.05) is 26.9 Å². The minimum absolute atomic E-state index is 0.0255. The second-order valence-electron chi connectivity index (χ2n) is 3.93. The topological polar surface area (TPSA) is 83.4 Å². The molecule has 1 fully saturated rings. The fourth-order valence-electron chi connectivity index (χ4n) is 1.72. The number of nitrogens with two attached hydrogens (primary N) is 1. The van der Waals surface area contributed by atoms with Gasteiger partial charge in [0, 0.05) is 26.2 Å². The highest BCUT2D eigenvalue weighted by Crippen LogP contribution is 2.23. The van der Waals surface area contributed by atoms with Crippen molar-refractivity contribution < 1.29 is 14.0 Å². The van der Waals surface area contributed by atoms with Crippen LogP contribution in [0.5, 0.6) is 0 Å². The Labute approximate surface area is 94.1 Å². The molecule has 1 aromatic heterocycles. The quantitative estimate of drug-likeness (QED) is 0.784. The Morgan fingerprint density at radius 2 is 2.44 bits per heavy atom. The molecule has 6 nitrogen and oxygen atoms in total. The van der Waals surface area contributed by atoms with Crippen LogP contribution in [-0.2, 0) is 15.9 Å². The van der Waals surface area contributed by atoms with E-state index < -0.39 is 0 Å². The van der Waals surface area contributed by atoms with Gasteiger partial charge in [-0.2, -0.15) is 4.98 Å². The normalized spacial score (nSPS) is 25.9. The SMILES string of the molecule is COCCc1noc(C2COCCC2N)n1. The molecule has 1 aromatic rings. The van der Waals surface area contributed by atoms with Crippen molar-refractivity contribution in [1.82, 2.24) is 10.1 Å². The van der Waals surface area contributed by atoms with E-state index in [1.54, 1.807) is 7.11 Å². The van der Waals surface area contributed by atoms with Crippen molar-refractivity contribution in [2.24, 2.45) is 5.73 Å². The zero-order chi connectivity index (χ0) is 11.4. The van der Waals surface area contributed by atoms with Crippen LogP contribution in [0.3, 0.4) is 0 Å². The number of hydrogen-bond donors (Lipinski definition) is 1. The highest BCUT2D eigenvalue weighted by molar-refractivity contribution is 5.00. The number of aromatic nitrogens is 2. The lowest BCUT2D eigenvalue weighted by molar-refractivity contribution is 0.0590. The van der Waals surface area contributed by atoms with Crippen LogP contribution in [0.4, 0.5) is 0 Å². The van der Waals surface area contributed by atoms with Gasteiger partial charge in [-0.1, -0.05) is 5.16 Å². The van der Waals surface area contributed by atoms with Gasteiger partial charge in [0.05, 0.1) is 19.1 Å². The molecule has 6 heteroatoms. The van der Waals surface area contributed by atoms with E-state index >= 15 is 0 Å². The van der Waals surface area contributed by atoms with Gasteiger partial charge < -0.3 is 19.7 Å². The summed E-state index contributed by atoms with van der Waals surface area (Å²) in [5.41, 5.74) is 5.99. The molecule has 0 aromatic carbocycles. The highest BCUT2D eigenvalue weighted by Gasteiger charge is 2.28. The lowest BCUT2D eigenvalue weighted by Crippen LogP contribution is -2.37. The first-order valence-electron chi connectivity index (χ1n) is 5.46. The molecule has 0 amide bonds. The summed E-state index contributed by atoms with van der Waals surface area (Å²) in [4.78, 5) is 4.30. The number of hydrogen-bond acceptors (Lipinski definition) is 6. The Morgan fingerprint density at radius 3 is 3.19 bits per heavy atom. The zero-order valence-corrected chi connectivity index (χ0v) is 9.39. The monoisotopic (exact) mass is 227 g/mol. The average Bonchev–Trinajstić information content (AvgIpc) is 2.75. The third-order valence-electron chi connectivity index (χ3n) is 2.74. The Kier molecular flexibility index (Phi) is 3.87. The number of methoxy groups -OCH3 is 1. The van der Waals surface area contributed by atoms with E-state index in [1.807, 2.05) is 0 Å². The molecule has 16 heavy (non-hydrogen) atoms. The number of rotatable bonds is 4. The smallest absolute Gasteiger partial charge is 0.233 e. The maximum Gasteiger partial charge on any atom is 0.233 e. The minimum atomic E-state index is 0.0255. The molecule has 1 aliphatic rings. The van der Waals surface area contributed by atoms with Gasteiger partial charge in [0.25, 0.3) is 0 Å². The Morgan fingerprint density at radius 1 is 1.56 bits per heavy atom. The fourth-order valence-corrected chi connectivity index (χ4v) is 1.72. The third-order valence-corrected chi connectivity index (χ3v) is 2.74. The lowest BCUT2D eigenvalue weighted by Gasteiger charge is -2.25. The van der Waals surface area contributed by atoms with Crippen molar-refractivity contribution in [3.63, 3.8) is 0 Å². The Hall–Kier alpha value is -0.980. The first-order chi connectivity index (χ1) is 7.81. The molecule has 2 N–H and O–H groups in total. The molecule has 0 saturated carbocycles. The first kappa shape index (κ1) is 11.5. The van der Waals surface area contributed by atoms with Gasteiger partial charge in [-0.15, -0.1) is 0 Å². The van der Waals surface area contributed by atoms with Crippen molar-refractivity contribution in [2.45, 2.75) is 24.8 Å². The maximum absolute atomic E-state index is 5.99. The zero-order valence-electron chi connectivity index (χ0n) is 9.39. The molecule has 90 valence electrons. The van der Waals surface area contributed by atoms with Gasteiger partial charge in [0.15, 0.2) is 5.82 Å². The van der Waals surface area contributed by atoms with Gasteiger partial charge in [0.1, 0.15) is 0 Å². The highest BCUT2D eigenvalue weighted by atomic mass is 16.5. The Bertz CT molecular complexity index is 329. The molecule has 2 unspecified atom stereocenters. The van der Waals surface area contributed by atoms with Crippen molar-refractivity contribution in [1.29, 1.82) is 0 Å². The predicted molar refractivity (Wildman–Crippen MR) is 56.0 cm³/mol. The van der Waals surface area contributed by atoms with Crippen LogP contribution < -0.4 is 5.73 Å². The van der Waals surface area contributed by atoms with Gasteiger partial charge >= 0.3 is 0 Å². The van der Waals surface area contributed by atoms with Gasteiger partial charge in [-0.3, -0.25) is 0 Å². The molecule has 2 rings (SSSR count). The molecular formula is C10H17N3O3. The van der Waals surface area contributed by atoms with Crippen LogP contribution in [0.2, 0.25) is 0 Å². The summed E-state index contributed by atoms with van der Waals surface area (Å²) in [7, 11) is 1.64. The number of nitrogens with zero attached hydrogens (tertiary/aromatic N) is 2. The molecule has 0 spiro atoms. The van der Waals surface area contributed by atoms with E-state index in [2.05, 4.69) is 10.1 Å². The van der Waals surface area contributed by atoms with E-state index in [1.165, 1.54) is 0 Å². The first-order valence-corrected chi connectivity index (χ1v) is 5.46. The van der Waals surface area contributed by atoms with Gasteiger partial charge in [0.2, 0.25) is 5.89 Å². The molecule has 0 bridgehead atoms. The maximum atomic E-state index is 5.99. The largest absolute Gasteiger partial charge is 0.384 e. The predicted octanol–water partition coefficient (Wildman–Crippen LogP) is 0.0897. The van der Waals surface area contributed by atoms with Crippen LogP contribution >= 0.6 is 0 Å². The summed E-state index contributed by atoms with van der Waals surface area (Å²) in [6.45, 7) is 1.86. The number of ether oxygens (including phenoxy) is 2. The van der Waals surface area contributed by atoms with E-state index in [9.17, 15) is 0 Å². The molecular weight excluding hydrogens is 210 g/mol. The second-order valence-corrected chi connectivity index (χ2v) is 3.93. The molecule has 0 radical (unpaired) electrons. The summed E-state index contributed by atoms with van der Waals surface area (Å²) >= 11 is 0. The molecule has 2 heterocycles. The fraction of sp³-hybridized carbons (Fsp3) is 0.800. The van der Waals surface area contributed by atoms with E-state index in [4.69, 9.17) is 19.7 Å². The average molecular weight is 227 g/mol. The van der Waals surface area contributed by atoms with Crippen LogP contribution in [0.25, 0.3) is 0 Å². The third kappa shape index (κ3) is 2.58. The molecule has 2 atom stereocenters. The van der Waals surface area contributed by atoms with Gasteiger partial charge in [-0.25, -0.2) is 0 Å². The van der Waals surface area contributed by atoms with Crippen LogP contribution in [-0.4, -0.2) is 43.1 Å². The van der Waals surface area contributed by atoms with Crippen LogP contribution in [0.15, 0.2) is 4.52 Å². The van der Waals surface area contributed by atoms with E-state index in [-0.39, 0.29) is 12.0 Å². The summed E-state index contributed by atoms with van der Waals surface area (Å²) in [5.74, 6) is 1.27. The van der Waals surface area contributed by atoms with Gasteiger partial charge in [-0.05, 0) is 6.42 Å². The van der Waals surface area contributed by atoms with Crippen LogP contribution in [0, 0.1) is 0 Å². The molecule has 0 aliphatic carbocycles. The van der Waals surface area contributed by atoms with E-state index in [0.717, 1.165) is 6.42 Å². The lowest BCUT2D eigenvalue weighted by atomic mass is 9.97. The van der Waals surface area contributed by atoms with E-state index in [0.29, 0.717) is 38.0 Å². The standard InChI is InChI=1S/C10H17N3O3/c1-14-4-3-9-12-10(16-13-9)7-6-15-5-2-8(7)11/h7-8H,2-6,11H2,1H3. The summed E-state index contributed by atoms with van der Waals surface area (Å²) < 4.78 is 15.5. The summed E-state index contributed by atoms with van der Waals surface area (Å²) in [6.07, 6.45) is 1.49. The second kappa shape index (κ2) is 5.38. The minimum Gasteiger partial charge on any atom is -0.384 e. The van der Waals surface area contributed by atoms with Crippen molar-refractivity contribution >= 4 is 0 Å². The van der Waals surface area contributed by atoms with Crippen LogP contribution in [0.1, 0.15) is 24.1 Å². The summed E-state index contributed by atoms with van der Waals surface area (Å²) in [5, 5.41) is 3.89. The van der Waals surface area contributed by atoms with Crippen molar-refractivity contribution in [3.8, 4) is 0 Å². The van der Waals surface area contributed by atoms with Crippen molar-refractivity contribution in [3.05, 3.63) is 11.7 Å². The summed E-state index contributed by atoms with van der Waals surface area (Å²) in [6, 6.07) is 0.0458. The molecule has 1 saturated heterocycles.